The molecule has 0 saturated carbocycles. The molecule has 0 bridgehead atoms. The number of aliphatic hydroxyl groups excluding tert-OH is 1. The lowest BCUT2D eigenvalue weighted by atomic mass is 10.0. The molecule has 3 heteroatoms. The van der Waals surface area contributed by atoms with Crippen LogP contribution in [-0.4, -0.2) is 42.3 Å². The van der Waals surface area contributed by atoms with Crippen molar-refractivity contribution in [3.63, 3.8) is 0 Å². The molecule has 2 rings (SSSR count). The zero-order valence-corrected chi connectivity index (χ0v) is 13.5. The van der Waals surface area contributed by atoms with Crippen molar-refractivity contribution < 1.29 is 5.11 Å². The molecule has 1 unspecified atom stereocenters. The highest BCUT2D eigenvalue weighted by molar-refractivity contribution is 5.24. The predicted molar refractivity (Wildman–Crippen MR) is 88.5 cm³/mol. The van der Waals surface area contributed by atoms with Crippen molar-refractivity contribution in [3.05, 3.63) is 35.4 Å². The van der Waals surface area contributed by atoms with Crippen LogP contribution in [0.4, 0.5) is 0 Å². The van der Waals surface area contributed by atoms with E-state index in [0.29, 0.717) is 6.04 Å². The number of benzene rings is 1. The molecular weight excluding hydrogens is 260 g/mol. The summed E-state index contributed by atoms with van der Waals surface area (Å²) in [5, 5.41) is 13.3. The Hall–Kier alpha value is -0.900. The monoisotopic (exact) mass is 290 g/mol. The summed E-state index contributed by atoms with van der Waals surface area (Å²) in [4.78, 5) is 2.49. The number of aliphatic hydroxyl groups is 1. The molecule has 21 heavy (non-hydrogen) atoms. The Morgan fingerprint density at radius 2 is 1.90 bits per heavy atom. The summed E-state index contributed by atoms with van der Waals surface area (Å²) < 4.78 is 0. The quantitative estimate of drug-likeness (QED) is 0.810. The van der Waals surface area contributed by atoms with E-state index in [1.54, 1.807) is 0 Å². The number of nitrogens with zero attached hydrogens (tertiary/aromatic N) is 1. The Morgan fingerprint density at radius 1 is 1.24 bits per heavy atom. The van der Waals surface area contributed by atoms with Crippen molar-refractivity contribution >= 4 is 0 Å². The summed E-state index contributed by atoms with van der Waals surface area (Å²) in [6, 6.07) is 9.35. The molecule has 118 valence electrons. The molecule has 1 fully saturated rings. The lowest BCUT2D eigenvalue weighted by Crippen LogP contribution is -2.37. The summed E-state index contributed by atoms with van der Waals surface area (Å²) in [7, 11) is 0. The van der Waals surface area contributed by atoms with Crippen LogP contribution in [0.15, 0.2) is 24.3 Å². The normalized spacial score (nSPS) is 18.8. The van der Waals surface area contributed by atoms with E-state index in [9.17, 15) is 5.11 Å². The minimum atomic E-state index is -0.0765. The topological polar surface area (TPSA) is 35.5 Å². The second-order valence-electron chi connectivity index (χ2n) is 6.28. The Kier molecular flexibility index (Phi) is 6.68. The van der Waals surface area contributed by atoms with Crippen LogP contribution < -0.4 is 5.32 Å². The van der Waals surface area contributed by atoms with E-state index in [1.807, 2.05) is 0 Å². The van der Waals surface area contributed by atoms with Gasteiger partial charge in [-0.15, -0.1) is 0 Å². The van der Waals surface area contributed by atoms with Crippen molar-refractivity contribution in [2.45, 2.75) is 51.7 Å². The van der Waals surface area contributed by atoms with Crippen LogP contribution in [0.5, 0.6) is 0 Å². The van der Waals surface area contributed by atoms with Crippen molar-refractivity contribution in [3.8, 4) is 0 Å². The molecule has 0 radical (unpaired) electrons. The van der Waals surface area contributed by atoms with Crippen LogP contribution >= 0.6 is 0 Å². The van der Waals surface area contributed by atoms with Crippen LogP contribution in [-0.2, 0) is 0 Å². The Bertz CT molecular complexity index is 396. The third-order valence-corrected chi connectivity index (χ3v) is 4.41. The fourth-order valence-corrected chi connectivity index (χ4v) is 2.96. The van der Waals surface area contributed by atoms with Crippen LogP contribution in [0.2, 0.25) is 0 Å². The molecule has 1 aromatic carbocycles. The van der Waals surface area contributed by atoms with Gasteiger partial charge in [-0.1, -0.05) is 36.8 Å². The van der Waals surface area contributed by atoms with Gasteiger partial charge in [-0.2, -0.15) is 0 Å². The first-order chi connectivity index (χ1) is 10.2. The first-order valence-corrected chi connectivity index (χ1v) is 8.39. The van der Waals surface area contributed by atoms with E-state index in [2.05, 4.69) is 48.3 Å². The lowest BCUT2D eigenvalue weighted by Gasteiger charge is -2.31. The fourth-order valence-electron chi connectivity index (χ4n) is 2.96. The van der Waals surface area contributed by atoms with Gasteiger partial charge < -0.3 is 15.3 Å². The number of aryl methyl sites for hydroxylation is 1. The first kappa shape index (κ1) is 16.5. The van der Waals surface area contributed by atoms with Crippen molar-refractivity contribution in [1.82, 2.24) is 10.2 Å². The number of hydrogen-bond donors (Lipinski definition) is 2. The van der Waals surface area contributed by atoms with E-state index >= 15 is 0 Å². The molecule has 2 N–H and O–H groups in total. The number of likely N-dealkylation sites (tertiary alicyclic amines) is 1. The smallest absolute Gasteiger partial charge is 0.0564 e. The number of piperidine rings is 1. The highest BCUT2D eigenvalue weighted by atomic mass is 16.3. The van der Waals surface area contributed by atoms with E-state index in [1.165, 1.54) is 11.1 Å². The van der Waals surface area contributed by atoms with Gasteiger partial charge in [0.15, 0.2) is 0 Å². The molecule has 1 atom stereocenters. The fraction of sp³-hybridized carbons (Fsp3) is 0.667. The van der Waals surface area contributed by atoms with Crippen LogP contribution in [0.1, 0.15) is 49.8 Å². The maximum absolute atomic E-state index is 9.59. The predicted octanol–water partition coefficient (Wildman–Crippen LogP) is 2.88. The van der Waals surface area contributed by atoms with E-state index in [0.717, 1.165) is 51.9 Å². The zero-order valence-electron chi connectivity index (χ0n) is 13.5. The van der Waals surface area contributed by atoms with Gasteiger partial charge in [0.05, 0.1) is 6.10 Å². The van der Waals surface area contributed by atoms with Crippen molar-refractivity contribution in [2.75, 3.05) is 26.2 Å². The summed E-state index contributed by atoms with van der Waals surface area (Å²) in [6.07, 6.45) is 4.08. The molecule has 1 heterocycles. The average molecular weight is 290 g/mol. The molecule has 1 saturated heterocycles. The minimum absolute atomic E-state index is 0.0765. The average Bonchev–Trinajstić information content (AvgIpc) is 2.50. The first-order valence-electron chi connectivity index (χ1n) is 8.39. The summed E-state index contributed by atoms with van der Waals surface area (Å²) in [6.45, 7) is 8.60. The molecular formula is C18H30N2O. The Balaban J connectivity index is 1.88. The van der Waals surface area contributed by atoms with Gasteiger partial charge in [-0.05, 0) is 51.3 Å². The van der Waals surface area contributed by atoms with Crippen LogP contribution in [0.3, 0.4) is 0 Å². The third-order valence-electron chi connectivity index (χ3n) is 4.41. The van der Waals surface area contributed by atoms with Crippen LogP contribution in [0.25, 0.3) is 0 Å². The van der Waals surface area contributed by atoms with Gasteiger partial charge in [0.1, 0.15) is 0 Å². The summed E-state index contributed by atoms with van der Waals surface area (Å²) in [5.74, 6) is 0. The molecule has 0 spiro atoms. The SMILES string of the molecule is CCCNC(CCN1CCC(O)CC1)c1ccc(C)cc1. The zero-order chi connectivity index (χ0) is 15.1. The molecule has 1 aliphatic heterocycles. The molecule has 0 amide bonds. The van der Waals surface area contributed by atoms with Gasteiger partial charge >= 0.3 is 0 Å². The second kappa shape index (κ2) is 8.52. The lowest BCUT2D eigenvalue weighted by molar-refractivity contribution is 0.0806. The Labute approximate surface area is 129 Å². The van der Waals surface area contributed by atoms with Crippen molar-refractivity contribution in [2.24, 2.45) is 0 Å². The van der Waals surface area contributed by atoms with Crippen molar-refractivity contribution in [1.29, 1.82) is 0 Å². The molecule has 1 aromatic rings. The molecule has 1 aliphatic rings. The maximum Gasteiger partial charge on any atom is 0.0564 e. The van der Waals surface area contributed by atoms with Gasteiger partial charge in [0.2, 0.25) is 0 Å². The number of hydrogen-bond acceptors (Lipinski definition) is 3. The van der Waals surface area contributed by atoms with E-state index in [-0.39, 0.29) is 6.10 Å². The van der Waals surface area contributed by atoms with Gasteiger partial charge in [0, 0.05) is 19.1 Å². The summed E-state index contributed by atoms with van der Waals surface area (Å²) >= 11 is 0. The molecule has 0 aromatic heterocycles. The van der Waals surface area contributed by atoms with Crippen LogP contribution in [0, 0.1) is 6.92 Å². The Morgan fingerprint density at radius 3 is 2.52 bits per heavy atom. The highest BCUT2D eigenvalue weighted by Crippen LogP contribution is 2.19. The van der Waals surface area contributed by atoms with Gasteiger partial charge in [-0.3, -0.25) is 0 Å². The minimum Gasteiger partial charge on any atom is -0.393 e. The largest absolute Gasteiger partial charge is 0.393 e. The van der Waals surface area contributed by atoms with Gasteiger partial charge in [-0.25, -0.2) is 0 Å². The highest BCUT2D eigenvalue weighted by Gasteiger charge is 2.18. The van der Waals surface area contributed by atoms with E-state index in [4.69, 9.17) is 0 Å². The second-order valence-corrected chi connectivity index (χ2v) is 6.28. The number of nitrogens with one attached hydrogen (secondary N) is 1. The van der Waals surface area contributed by atoms with E-state index < -0.39 is 0 Å². The van der Waals surface area contributed by atoms with Gasteiger partial charge in [0.25, 0.3) is 0 Å². The molecule has 3 nitrogen and oxygen atoms in total. The standard InChI is InChI=1S/C18H30N2O/c1-3-11-19-18(16-6-4-15(2)5-7-16)10-14-20-12-8-17(21)9-13-20/h4-7,17-19,21H,3,8-14H2,1-2H3. The molecule has 0 aliphatic carbocycles. The summed E-state index contributed by atoms with van der Waals surface area (Å²) in [5.41, 5.74) is 2.71. The maximum atomic E-state index is 9.59. The third kappa shape index (κ3) is 5.42. The number of rotatable bonds is 7.